The summed E-state index contributed by atoms with van der Waals surface area (Å²) in [5, 5.41) is 3.49. The molecule has 0 aliphatic carbocycles. The smallest absolute Gasteiger partial charge is 0.247 e. The number of nitrogens with one attached hydrogen (secondary N) is 1. The van der Waals surface area contributed by atoms with Crippen molar-refractivity contribution in [3.05, 3.63) is 106 Å². The maximum atomic E-state index is 13.4. The Morgan fingerprint density at radius 3 is 2.19 bits per heavy atom. The Hall–Kier alpha value is -3.18. The number of hydrogen-bond donors (Lipinski definition) is 1. The van der Waals surface area contributed by atoms with Crippen LogP contribution in [0.1, 0.15) is 36.6 Å². The average molecular weight is 453 g/mol. The van der Waals surface area contributed by atoms with Crippen molar-refractivity contribution in [2.75, 3.05) is 0 Å². The summed E-state index contributed by atoms with van der Waals surface area (Å²) in [7, 11) is 0. The molecule has 1 atom stereocenters. The number of nitrogens with zero attached hydrogens (tertiary/aromatic N) is 1. The second-order valence-corrected chi connectivity index (χ2v) is 8.28. The van der Waals surface area contributed by atoms with Crippen LogP contribution in [0.3, 0.4) is 0 Å². The van der Waals surface area contributed by atoms with Gasteiger partial charge in [-0.2, -0.15) is 0 Å². The van der Waals surface area contributed by atoms with Crippen LogP contribution in [0.5, 0.6) is 0 Å². The van der Waals surface area contributed by atoms with E-state index in [1.54, 1.807) is 36.9 Å². The highest BCUT2D eigenvalue weighted by Crippen LogP contribution is 2.26. The third-order valence-electron chi connectivity index (χ3n) is 5.13. The van der Waals surface area contributed by atoms with E-state index in [-0.39, 0.29) is 36.6 Å². The number of carbonyl (C=O) groups excluding carboxylic acids is 2. The first kappa shape index (κ1) is 23.5. The first-order valence-electron chi connectivity index (χ1n) is 10.5. The molecule has 6 heteroatoms. The van der Waals surface area contributed by atoms with Crippen LogP contribution >= 0.6 is 11.6 Å². The Labute approximate surface area is 193 Å². The predicted octanol–water partition coefficient (Wildman–Crippen LogP) is 5.52. The van der Waals surface area contributed by atoms with Crippen molar-refractivity contribution >= 4 is 23.4 Å². The Balaban J connectivity index is 1.94. The van der Waals surface area contributed by atoms with Crippen molar-refractivity contribution in [1.82, 2.24) is 10.2 Å². The Kier molecular flexibility index (Phi) is 8.01. The molecule has 3 aromatic carbocycles. The SMILES string of the molecule is CC(C)C(=O)N(Cc1ccc(F)cc1)[C@H](C(=O)NCc1ccccc1Cl)c1ccccc1. The molecule has 0 unspecified atom stereocenters. The van der Waals surface area contributed by atoms with Gasteiger partial charge >= 0.3 is 0 Å². The van der Waals surface area contributed by atoms with Gasteiger partial charge in [-0.25, -0.2) is 4.39 Å². The van der Waals surface area contributed by atoms with Crippen molar-refractivity contribution in [3.63, 3.8) is 0 Å². The Morgan fingerprint density at radius 2 is 1.56 bits per heavy atom. The lowest BCUT2D eigenvalue weighted by Gasteiger charge is -2.33. The number of amides is 2. The van der Waals surface area contributed by atoms with Crippen LogP contribution in [0, 0.1) is 11.7 Å². The Morgan fingerprint density at radius 1 is 0.938 bits per heavy atom. The van der Waals surface area contributed by atoms with E-state index in [4.69, 9.17) is 11.6 Å². The zero-order chi connectivity index (χ0) is 23.1. The predicted molar refractivity (Wildman–Crippen MR) is 124 cm³/mol. The van der Waals surface area contributed by atoms with E-state index in [0.29, 0.717) is 10.6 Å². The third-order valence-corrected chi connectivity index (χ3v) is 5.50. The molecule has 4 nitrogen and oxygen atoms in total. The molecule has 2 amide bonds. The van der Waals surface area contributed by atoms with Crippen LogP contribution in [-0.4, -0.2) is 16.7 Å². The van der Waals surface area contributed by atoms with Crippen molar-refractivity contribution in [1.29, 1.82) is 0 Å². The molecule has 166 valence electrons. The van der Waals surface area contributed by atoms with E-state index < -0.39 is 6.04 Å². The molecule has 0 radical (unpaired) electrons. The van der Waals surface area contributed by atoms with Gasteiger partial charge < -0.3 is 10.2 Å². The minimum Gasteiger partial charge on any atom is -0.350 e. The van der Waals surface area contributed by atoms with E-state index in [1.807, 2.05) is 48.5 Å². The van der Waals surface area contributed by atoms with Gasteiger partial charge in [-0.15, -0.1) is 0 Å². The van der Waals surface area contributed by atoms with Gasteiger partial charge in [0.2, 0.25) is 11.8 Å². The summed E-state index contributed by atoms with van der Waals surface area (Å²) in [6, 6.07) is 21.6. The van der Waals surface area contributed by atoms with Crippen LogP contribution in [0.25, 0.3) is 0 Å². The fraction of sp³-hybridized carbons (Fsp3) is 0.231. The molecular formula is C26H26ClFN2O2. The zero-order valence-corrected chi connectivity index (χ0v) is 18.9. The third kappa shape index (κ3) is 5.95. The number of benzene rings is 3. The first-order valence-corrected chi connectivity index (χ1v) is 10.9. The summed E-state index contributed by atoms with van der Waals surface area (Å²) in [5.41, 5.74) is 2.22. The average Bonchev–Trinajstić information content (AvgIpc) is 2.79. The minimum absolute atomic E-state index is 0.170. The normalized spacial score (nSPS) is 11.8. The van der Waals surface area contributed by atoms with Crippen LogP contribution in [0.4, 0.5) is 4.39 Å². The summed E-state index contributed by atoms with van der Waals surface area (Å²) < 4.78 is 13.4. The fourth-order valence-electron chi connectivity index (χ4n) is 3.44. The quantitative estimate of drug-likeness (QED) is 0.489. The molecule has 3 rings (SSSR count). The zero-order valence-electron chi connectivity index (χ0n) is 18.1. The number of halogens is 2. The molecule has 1 N–H and O–H groups in total. The number of carbonyl (C=O) groups is 2. The highest BCUT2D eigenvalue weighted by atomic mass is 35.5. The summed E-state index contributed by atoms with van der Waals surface area (Å²) in [6.07, 6.45) is 0. The molecule has 0 spiro atoms. The molecule has 0 heterocycles. The fourth-order valence-corrected chi connectivity index (χ4v) is 3.65. The lowest BCUT2D eigenvalue weighted by Crippen LogP contribution is -2.44. The molecule has 0 aromatic heterocycles. The highest BCUT2D eigenvalue weighted by Gasteiger charge is 2.32. The van der Waals surface area contributed by atoms with Gasteiger partial charge in [-0.1, -0.05) is 86.1 Å². The minimum atomic E-state index is -0.848. The first-order chi connectivity index (χ1) is 15.4. The number of hydrogen-bond acceptors (Lipinski definition) is 2. The standard InChI is InChI=1S/C26H26ClFN2O2/c1-18(2)26(32)30(17-19-12-14-22(28)15-13-19)24(20-8-4-3-5-9-20)25(31)29-16-21-10-6-7-11-23(21)27/h3-15,18,24H,16-17H2,1-2H3,(H,29,31)/t24-/m0/s1. The lowest BCUT2D eigenvalue weighted by molar-refractivity contribution is -0.144. The van der Waals surface area contributed by atoms with Crippen molar-refractivity contribution in [2.45, 2.75) is 33.0 Å². The van der Waals surface area contributed by atoms with E-state index in [1.165, 1.54) is 12.1 Å². The molecule has 0 aliphatic rings. The van der Waals surface area contributed by atoms with Crippen molar-refractivity contribution in [2.24, 2.45) is 5.92 Å². The Bertz CT molecular complexity index is 1050. The molecule has 0 fully saturated rings. The van der Waals surface area contributed by atoms with Gasteiger partial charge in [0.05, 0.1) is 0 Å². The summed E-state index contributed by atoms with van der Waals surface area (Å²) in [5.74, 6) is -1.16. The second kappa shape index (κ2) is 10.9. The maximum Gasteiger partial charge on any atom is 0.247 e. The number of rotatable bonds is 8. The molecule has 32 heavy (non-hydrogen) atoms. The maximum absolute atomic E-state index is 13.4. The van der Waals surface area contributed by atoms with Crippen LogP contribution < -0.4 is 5.32 Å². The van der Waals surface area contributed by atoms with Gasteiger partial charge in [0.15, 0.2) is 0 Å². The van der Waals surface area contributed by atoms with E-state index >= 15 is 0 Å². The lowest BCUT2D eigenvalue weighted by atomic mass is 10.0. The molecular weight excluding hydrogens is 427 g/mol. The van der Waals surface area contributed by atoms with E-state index in [0.717, 1.165) is 11.1 Å². The summed E-state index contributed by atoms with van der Waals surface area (Å²) in [4.78, 5) is 28.2. The topological polar surface area (TPSA) is 49.4 Å². The molecule has 3 aromatic rings. The summed E-state index contributed by atoms with van der Waals surface area (Å²) in [6.45, 7) is 4.01. The van der Waals surface area contributed by atoms with Crippen LogP contribution in [0.15, 0.2) is 78.9 Å². The van der Waals surface area contributed by atoms with Crippen LogP contribution in [0.2, 0.25) is 5.02 Å². The van der Waals surface area contributed by atoms with Crippen molar-refractivity contribution < 1.29 is 14.0 Å². The van der Waals surface area contributed by atoms with Crippen LogP contribution in [-0.2, 0) is 22.7 Å². The largest absolute Gasteiger partial charge is 0.350 e. The summed E-state index contributed by atoms with van der Waals surface area (Å²) >= 11 is 6.23. The van der Waals surface area contributed by atoms with E-state index in [9.17, 15) is 14.0 Å². The van der Waals surface area contributed by atoms with Gasteiger partial charge in [-0.05, 0) is 34.9 Å². The molecule has 0 aliphatic heterocycles. The van der Waals surface area contributed by atoms with E-state index in [2.05, 4.69) is 5.32 Å². The second-order valence-electron chi connectivity index (χ2n) is 7.87. The van der Waals surface area contributed by atoms with Gasteiger partial charge in [0.1, 0.15) is 11.9 Å². The monoisotopic (exact) mass is 452 g/mol. The van der Waals surface area contributed by atoms with Gasteiger partial charge in [-0.3, -0.25) is 9.59 Å². The highest BCUT2D eigenvalue weighted by molar-refractivity contribution is 6.31. The molecule has 0 saturated carbocycles. The molecule has 0 saturated heterocycles. The molecule has 0 bridgehead atoms. The van der Waals surface area contributed by atoms with Crippen molar-refractivity contribution in [3.8, 4) is 0 Å². The van der Waals surface area contributed by atoms with Gasteiger partial charge in [0.25, 0.3) is 0 Å². The van der Waals surface area contributed by atoms with Gasteiger partial charge in [0, 0.05) is 24.0 Å².